The number of rotatable bonds is 4. The van der Waals surface area contributed by atoms with E-state index in [1.165, 1.54) is 6.92 Å². The average Bonchev–Trinajstić information content (AvgIpc) is 2.83. The Hall–Kier alpha value is -2.43. The highest BCUT2D eigenvalue weighted by atomic mass is 16.4. The van der Waals surface area contributed by atoms with Gasteiger partial charge in [-0.05, 0) is 25.5 Å². The van der Waals surface area contributed by atoms with Gasteiger partial charge in [0.25, 0.3) is 0 Å². The first-order valence-corrected chi connectivity index (χ1v) is 6.36. The van der Waals surface area contributed by atoms with E-state index in [1.807, 2.05) is 0 Å². The number of aliphatic carboxylic acids is 1. The summed E-state index contributed by atoms with van der Waals surface area (Å²) in [5, 5.41) is 8.71. The number of ketones is 1. The van der Waals surface area contributed by atoms with Crippen LogP contribution in [0.4, 0.5) is 5.69 Å². The van der Waals surface area contributed by atoms with Gasteiger partial charge >= 0.3 is 5.97 Å². The normalized spacial score (nSPS) is 15.6. The van der Waals surface area contributed by atoms with Crippen molar-refractivity contribution in [1.29, 1.82) is 0 Å². The average molecular weight is 273 g/mol. The summed E-state index contributed by atoms with van der Waals surface area (Å²) in [5.74, 6) is -1.54. The maximum Gasteiger partial charge on any atom is 0.328 e. The van der Waals surface area contributed by atoms with Crippen LogP contribution >= 0.6 is 0 Å². The van der Waals surface area contributed by atoms with E-state index < -0.39 is 5.97 Å². The van der Waals surface area contributed by atoms with Crippen molar-refractivity contribution >= 4 is 23.3 Å². The topological polar surface area (TPSA) is 74.7 Å². The number of Topliss-reactive ketones (excluding diaryl/α,β-unsaturated/α-hetero) is 1. The molecular weight excluding hydrogens is 258 g/mol. The summed E-state index contributed by atoms with van der Waals surface area (Å²) in [6.07, 6.45) is 2.13. The molecule has 1 aliphatic rings. The van der Waals surface area contributed by atoms with E-state index in [4.69, 9.17) is 5.11 Å². The van der Waals surface area contributed by atoms with Gasteiger partial charge in [0.05, 0.1) is 5.69 Å². The molecule has 1 fully saturated rings. The highest BCUT2D eigenvalue weighted by molar-refractivity contribution is 6.15. The number of carboxylic acids is 1. The lowest BCUT2D eigenvalue weighted by Crippen LogP contribution is -2.25. The third-order valence-electron chi connectivity index (χ3n) is 3.21. The van der Waals surface area contributed by atoms with Gasteiger partial charge in [-0.2, -0.15) is 0 Å². The van der Waals surface area contributed by atoms with E-state index in [1.54, 1.807) is 29.2 Å². The zero-order chi connectivity index (χ0) is 14.7. The van der Waals surface area contributed by atoms with Crippen LogP contribution in [0, 0.1) is 0 Å². The molecule has 5 heteroatoms. The van der Waals surface area contributed by atoms with Crippen molar-refractivity contribution in [3.8, 4) is 0 Å². The Bertz CT molecular complexity index is 604. The smallest absolute Gasteiger partial charge is 0.328 e. The quantitative estimate of drug-likeness (QED) is 0.672. The zero-order valence-electron chi connectivity index (χ0n) is 11.1. The minimum atomic E-state index is -1.16. The molecule has 1 aromatic carbocycles. The van der Waals surface area contributed by atoms with Gasteiger partial charge in [0.1, 0.15) is 0 Å². The maximum absolute atomic E-state index is 12.3. The lowest BCUT2D eigenvalue weighted by Gasteiger charge is -2.19. The fraction of sp³-hybridized carbons (Fsp3) is 0.267. The lowest BCUT2D eigenvalue weighted by atomic mass is 10.0. The van der Waals surface area contributed by atoms with E-state index in [-0.39, 0.29) is 17.3 Å². The lowest BCUT2D eigenvalue weighted by molar-refractivity contribution is -0.131. The summed E-state index contributed by atoms with van der Waals surface area (Å²) >= 11 is 0. The molecule has 0 radical (unpaired) electrons. The molecule has 1 saturated heterocycles. The van der Waals surface area contributed by atoms with Crippen LogP contribution < -0.4 is 4.90 Å². The molecule has 0 aromatic heterocycles. The molecule has 0 saturated carbocycles. The van der Waals surface area contributed by atoms with E-state index >= 15 is 0 Å². The molecule has 0 unspecified atom stereocenters. The number of nitrogens with zero attached hydrogens (tertiary/aromatic N) is 1. The van der Waals surface area contributed by atoms with Crippen molar-refractivity contribution in [3.63, 3.8) is 0 Å². The molecule has 5 nitrogen and oxygen atoms in total. The summed E-state index contributed by atoms with van der Waals surface area (Å²) in [7, 11) is 0. The number of hydrogen-bond donors (Lipinski definition) is 1. The van der Waals surface area contributed by atoms with Crippen molar-refractivity contribution in [2.24, 2.45) is 0 Å². The van der Waals surface area contributed by atoms with Gasteiger partial charge in [-0.1, -0.05) is 12.1 Å². The van der Waals surface area contributed by atoms with E-state index in [9.17, 15) is 14.4 Å². The van der Waals surface area contributed by atoms with Crippen LogP contribution in [0.15, 0.2) is 35.9 Å². The molecule has 0 bridgehead atoms. The Morgan fingerprint density at radius 2 is 2.00 bits per heavy atom. The van der Waals surface area contributed by atoms with Crippen molar-refractivity contribution < 1.29 is 19.5 Å². The van der Waals surface area contributed by atoms with E-state index in [0.717, 1.165) is 12.5 Å². The van der Waals surface area contributed by atoms with Gasteiger partial charge in [-0.25, -0.2) is 4.79 Å². The van der Waals surface area contributed by atoms with Crippen molar-refractivity contribution in [3.05, 3.63) is 41.5 Å². The summed E-state index contributed by atoms with van der Waals surface area (Å²) in [6.45, 7) is 2.05. The number of carboxylic acid groups (broad SMARTS) is 1. The number of anilines is 1. The molecule has 2 rings (SSSR count). The van der Waals surface area contributed by atoms with Gasteiger partial charge < -0.3 is 10.0 Å². The summed E-state index contributed by atoms with van der Waals surface area (Å²) in [5.41, 5.74) is 1.05. The molecule has 1 N–H and O–H groups in total. The van der Waals surface area contributed by atoms with Gasteiger partial charge in [-0.15, -0.1) is 0 Å². The van der Waals surface area contributed by atoms with Crippen LogP contribution in [0.5, 0.6) is 0 Å². The molecule has 1 aliphatic heterocycles. The molecule has 20 heavy (non-hydrogen) atoms. The molecular formula is C15H15NO4. The number of allylic oxidation sites excluding steroid dienone is 1. The van der Waals surface area contributed by atoms with Gasteiger partial charge in [-0.3, -0.25) is 9.59 Å². The van der Waals surface area contributed by atoms with Gasteiger partial charge in [0, 0.05) is 30.2 Å². The molecule has 1 heterocycles. The fourth-order valence-electron chi connectivity index (χ4n) is 2.27. The van der Waals surface area contributed by atoms with Gasteiger partial charge in [0.2, 0.25) is 5.91 Å². The molecule has 0 aliphatic carbocycles. The highest BCUT2D eigenvalue weighted by Crippen LogP contribution is 2.27. The van der Waals surface area contributed by atoms with Crippen molar-refractivity contribution in [2.75, 3.05) is 11.4 Å². The van der Waals surface area contributed by atoms with Gasteiger partial charge in [0.15, 0.2) is 5.78 Å². The van der Waals surface area contributed by atoms with Crippen LogP contribution in [-0.2, 0) is 9.59 Å². The third-order valence-corrected chi connectivity index (χ3v) is 3.21. The fourth-order valence-corrected chi connectivity index (χ4v) is 2.27. The number of carbonyl (C=O) groups is 3. The zero-order valence-corrected chi connectivity index (χ0v) is 11.1. The Morgan fingerprint density at radius 3 is 2.60 bits per heavy atom. The number of amides is 1. The Balaban J connectivity index is 2.40. The molecule has 0 atom stereocenters. The van der Waals surface area contributed by atoms with Crippen LogP contribution in [0.2, 0.25) is 0 Å². The first-order chi connectivity index (χ1) is 9.50. The van der Waals surface area contributed by atoms with Crippen LogP contribution in [0.1, 0.15) is 30.1 Å². The predicted molar refractivity (Wildman–Crippen MR) is 73.8 cm³/mol. The van der Waals surface area contributed by atoms with Crippen molar-refractivity contribution in [2.45, 2.75) is 19.8 Å². The van der Waals surface area contributed by atoms with Crippen LogP contribution in [-0.4, -0.2) is 29.3 Å². The standard InChI is InChI=1S/C15H15NO4/c1-10(9-14(18)19)15(20)11-5-2-3-6-12(11)16-8-4-7-13(16)17/h2-3,5-6,9H,4,7-8H2,1H3,(H,18,19)/b10-9+. The molecule has 104 valence electrons. The monoisotopic (exact) mass is 273 g/mol. The first kappa shape index (κ1) is 14.0. The third kappa shape index (κ3) is 2.77. The second-order valence-corrected chi connectivity index (χ2v) is 4.66. The second-order valence-electron chi connectivity index (χ2n) is 4.66. The van der Waals surface area contributed by atoms with Crippen LogP contribution in [0.25, 0.3) is 0 Å². The Kier molecular flexibility index (Phi) is 3.98. The first-order valence-electron chi connectivity index (χ1n) is 6.36. The van der Waals surface area contributed by atoms with E-state index in [0.29, 0.717) is 24.2 Å². The SMILES string of the molecule is C/C(=C\C(=O)O)C(=O)c1ccccc1N1CCCC1=O. The number of carbonyl (C=O) groups excluding carboxylic acids is 2. The van der Waals surface area contributed by atoms with E-state index in [2.05, 4.69) is 0 Å². The number of hydrogen-bond acceptors (Lipinski definition) is 3. The largest absolute Gasteiger partial charge is 0.478 e. The van der Waals surface area contributed by atoms with Crippen molar-refractivity contribution in [1.82, 2.24) is 0 Å². The highest BCUT2D eigenvalue weighted by Gasteiger charge is 2.25. The molecule has 1 amide bonds. The molecule has 0 spiro atoms. The predicted octanol–water partition coefficient (Wildman–Crippen LogP) is 2.03. The second kappa shape index (κ2) is 5.69. The summed E-state index contributed by atoms with van der Waals surface area (Å²) < 4.78 is 0. The minimum absolute atomic E-state index is 0.00915. The Morgan fingerprint density at radius 1 is 1.30 bits per heavy atom. The van der Waals surface area contributed by atoms with Crippen LogP contribution in [0.3, 0.4) is 0 Å². The maximum atomic E-state index is 12.3. The number of para-hydroxylation sites is 1. The minimum Gasteiger partial charge on any atom is -0.478 e. The Labute approximate surface area is 116 Å². The summed E-state index contributed by atoms with van der Waals surface area (Å²) in [6, 6.07) is 6.78. The summed E-state index contributed by atoms with van der Waals surface area (Å²) in [4.78, 5) is 36.3. The number of benzene rings is 1. The molecule has 1 aromatic rings.